The standard InChI is InChI=1S/C11H14FN5O3/c1-4-5(2-18)20-10(6(4)12)17-3-14-7-8(17)15-11(13)16-9(7)19/h3-6,10,18H,2H2,1H3,(H3,13,15,16,19)/t4?,5-,6-,10-/m1/s1. The molecule has 20 heavy (non-hydrogen) atoms. The van der Waals surface area contributed by atoms with Crippen LogP contribution in [0.1, 0.15) is 13.2 Å². The average Bonchev–Trinajstić information content (AvgIpc) is 2.93. The number of rotatable bonds is 2. The van der Waals surface area contributed by atoms with Crippen LogP contribution in [0.15, 0.2) is 11.1 Å². The van der Waals surface area contributed by atoms with Gasteiger partial charge in [-0.1, -0.05) is 6.92 Å². The summed E-state index contributed by atoms with van der Waals surface area (Å²) in [6.07, 6.45) is -1.64. The number of nitrogens with zero attached hydrogens (tertiary/aromatic N) is 3. The van der Waals surface area contributed by atoms with Crippen molar-refractivity contribution in [3.8, 4) is 0 Å². The van der Waals surface area contributed by atoms with Crippen LogP contribution in [0.2, 0.25) is 0 Å². The molecule has 0 aliphatic carbocycles. The van der Waals surface area contributed by atoms with Gasteiger partial charge in [0.25, 0.3) is 5.56 Å². The highest BCUT2D eigenvalue weighted by Gasteiger charge is 2.43. The van der Waals surface area contributed by atoms with E-state index in [4.69, 9.17) is 15.6 Å². The molecule has 3 heterocycles. The number of aliphatic hydroxyl groups is 1. The predicted molar refractivity (Wildman–Crippen MR) is 67.6 cm³/mol. The van der Waals surface area contributed by atoms with E-state index in [2.05, 4.69) is 15.0 Å². The SMILES string of the molecule is CC1[C@@H](F)[C@H](n2cnc3c(=O)[nH]c(N)nc32)O[C@@H]1CO. The van der Waals surface area contributed by atoms with Crippen LogP contribution in [0.4, 0.5) is 10.3 Å². The normalized spacial score (nSPS) is 30.1. The summed E-state index contributed by atoms with van der Waals surface area (Å²) in [4.78, 5) is 21.9. The first kappa shape index (κ1) is 13.0. The lowest BCUT2D eigenvalue weighted by molar-refractivity contribution is -0.0378. The van der Waals surface area contributed by atoms with Gasteiger partial charge in [0.05, 0.1) is 19.0 Å². The van der Waals surface area contributed by atoms with Crippen LogP contribution in [0.5, 0.6) is 0 Å². The third kappa shape index (κ3) is 1.78. The molecule has 8 nitrogen and oxygen atoms in total. The number of anilines is 1. The minimum absolute atomic E-state index is 0.0649. The fraction of sp³-hybridized carbons (Fsp3) is 0.545. The van der Waals surface area contributed by atoms with E-state index in [1.54, 1.807) is 6.92 Å². The van der Waals surface area contributed by atoms with Gasteiger partial charge in [0.1, 0.15) is 0 Å². The molecule has 0 amide bonds. The molecular weight excluding hydrogens is 269 g/mol. The third-order valence-electron chi connectivity index (χ3n) is 3.58. The number of ether oxygens (including phenoxy) is 1. The Hall–Kier alpha value is -2.00. The number of aromatic nitrogens is 4. The fourth-order valence-corrected chi connectivity index (χ4v) is 2.40. The van der Waals surface area contributed by atoms with E-state index < -0.39 is 30.0 Å². The smallest absolute Gasteiger partial charge is 0.280 e. The molecule has 2 aromatic heterocycles. The van der Waals surface area contributed by atoms with Crippen LogP contribution in [0.3, 0.4) is 0 Å². The highest BCUT2D eigenvalue weighted by Crippen LogP contribution is 2.36. The lowest BCUT2D eigenvalue weighted by atomic mass is 10.0. The van der Waals surface area contributed by atoms with Crippen LogP contribution in [0, 0.1) is 5.92 Å². The summed E-state index contributed by atoms with van der Waals surface area (Å²) < 4.78 is 21.1. The zero-order valence-electron chi connectivity index (χ0n) is 10.7. The Morgan fingerprint density at radius 2 is 2.40 bits per heavy atom. The first-order valence-corrected chi connectivity index (χ1v) is 6.15. The number of alkyl halides is 1. The molecule has 4 N–H and O–H groups in total. The van der Waals surface area contributed by atoms with Gasteiger partial charge < -0.3 is 15.6 Å². The monoisotopic (exact) mass is 283 g/mol. The Morgan fingerprint density at radius 1 is 1.65 bits per heavy atom. The largest absolute Gasteiger partial charge is 0.394 e. The fourth-order valence-electron chi connectivity index (χ4n) is 2.40. The molecule has 0 bridgehead atoms. The van der Waals surface area contributed by atoms with Crippen LogP contribution < -0.4 is 11.3 Å². The Balaban J connectivity index is 2.09. The maximum Gasteiger partial charge on any atom is 0.280 e. The van der Waals surface area contributed by atoms with E-state index in [0.29, 0.717) is 0 Å². The summed E-state index contributed by atoms with van der Waals surface area (Å²) in [6, 6.07) is 0. The van der Waals surface area contributed by atoms with E-state index in [-0.39, 0.29) is 23.7 Å². The third-order valence-corrected chi connectivity index (χ3v) is 3.58. The Kier molecular flexibility index (Phi) is 2.94. The van der Waals surface area contributed by atoms with Crippen molar-refractivity contribution < 1.29 is 14.2 Å². The number of nitrogen functional groups attached to an aromatic ring is 1. The molecule has 0 aromatic carbocycles. The second kappa shape index (κ2) is 4.53. The van der Waals surface area contributed by atoms with Crippen molar-refractivity contribution in [1.29, 1.82) is 0 Å². The van der Waals surface area contributed by atoms with Crippen molar-refractivity contribution >= 4 is 17.1 Å². The van der Waals surface area contributed by atoms with Gasteiger partial charge in [-0.3, -0.25) is 14.3 Å². The molecule has 0 saturated carbocycles. The highest BCUT2D eigenvalue weighted by atomic mass is 19.1. The molecule has 2 aromatic rings. The van der Waals surface area contributed by atoms with Crippen molar-refractivity contribution in [2.24, 2.45) is 5.92 Å². The molecule has 3 rings (SSSR count). The van der Waals surface area contributed by atoms with Crippen LogP contribution in [0.25, 0.3) is 11.2 Å². The second-order valence-corrected chi connectivity index (χ2v) is 4.83. The molecule has 1 aliphatic heterocycles. The van der Waals surface area contributed by atoms with E-state index in [1.165, 1.54) is 10.9 Å². The summed E-state index contributed by atoms with van der Waals surface area (Å²) in [5.41, 5.74) is 5.21. The average molecular weight is 283 g/mol. The maximum absolute atomic E-state index is 14.3. The number of aromatic amines is 1. The Bertz CT molecular complexity index is 699. The Morgan fingerprint density at radius 3 is 3.05 bits per heavy atom. The minimum Gasteiger partial charge on any atom is -0.394 e. The van der Waals surface area contributed by atoms with Crippen LogP contribution >= 0.6 is 0 Å². The van der Waals surface area contributed by atoms with E-state index in [0.717, 1.165) is 0 Å². The van der Waals surface area contributed by atoms with Crippen LogP contribution in [-0.4, -0.2) is 43.5 Å². The van der Waals surface area contributed by atoms with E-state index in [1.807, 2.05) is 0 Å². The second-order valence-electron chi connectivity index (χ2n) is 4.83. The summed E-state index contributed by atoms with van der Waals surface area (Å²) in [5.74, 6) is -0.550. The number of halogens is 1. The molecule has 1 aliphatic rings. The van der Waals surface area contributed by atoms with Gasteiger partial charge in [-0.05, 0) is 0 Å². The summed E-state index contributed by atoms with van der Waals surface area (Å²) in [6.45, 7) is 1.38. The molecule has 1 saturated heterocycles. The number of imidazole rings is 1. The molecule has 1 unspecified atom stereocenters. The number of nitrogens with one attached hydrogen (secondary N) is 1. The van der Waals surface area contributed by atoms with Gasteiger partial charge in [0, 0.05) is 5.92 Å². The maximum atomic E-state index is 14.3. The lowest BCUT2D eigenvalue weighted by Crippen LogP contribution is -2.22. The van der Waals surface area contributed by atoms with Crippen molar-refractivity contribution in [3.63, 3.8) is 0 Å². The quantitative estimate of drug-likeness (QED) is 0.687. The molecular formula is C11H14FN5O3. The number of aliphatic hydroxyl groups excluding tert-OH is 1. The topological polar surface area (TPSA) is 119 Å². The van der Waals surface area contributed by atoms with Crippen molar-refractivity contribution in [2.45, 2.75) is 25.4 Å². The van der Waals surface area contributed by atoms with Crippen molar-refractivity contribution in [1.82, 2.24) is 19.5 Å². The van der Waals surface area contributed by atoms with Gasteiger partial charge >= 0.3 is 0 Å². The molecule has 108 valence electrons. The first-order valence-electron chi connectivity index (χ1n) is 6.15. The number of fused-ring (bicyclic) bond motifs is 1. The van der Waals surface area contributed by atoms with Gasteiger partial charge in [-0.15, -0.1) is 0 Å². The molecule has 0 spiro atoms. The Labute approximate surface area is 112 Å². The van der Waals surface area contributed by atoms with Crippen LogP contribution in [-0.2, 0) is 4.74 Å². The van der Waals surface area contributed by atoms with Gasteiger partial charge in [0.15, 0.2) is 23.6 Å². The van der Waals surface area contributed by atoms with Gasteiger partial charge in [-0.2, -0.15) is 4.98 Å². The number of hydrogen-bond acceptors (Lipinski definition) is 6. The van der Waals surface area contributed by atoms with Crippen molar-refractivity contribution in [2.75, 3.05) is 12.3 Å². The lowest BCUT2D eigenvalue weighted by Gasteiger charge is -2.15. The predicted octanol–water partition coefficient (Wildman–Crippen LogP) is -0.434. The van der Waals surface area contributed by atoms with Crippen molar-refractivity contribution in [3.05, 3.63) is 16.7 Å². The first-order chi connectivity index (χ1) is 9.52. The van der Waals surface area contributed by atoms with Gasteiger partial charge in [-0.25, -0.2) is 9.37 Å². The van der Waals surface area contributed by atoms with E-state index in [9.17, 15) is 9.18 Å². The zero-order chi connectivity index (χ0) is 14.4. The molecule has 0 radical (unpaired) electrons. The van der Waals surface area contributed by atoms with E-state index >= 15 is 0 Å². The molecule has 9 heteroatoms. The highest BCUT2D eigenvalue weighted by molar-refractivity contribution is 5.70. The summed E-state index contributed by atoms with van der Waals surface area (Å²) in [7, 11) is 0. The number of H-pyrrole nitrogens is 1. The number of hydrogen-bond donors (Lipinski definition) is 3. The summed E-state index contributed by atoms with van der Waals surface area (Å²) in [5, 5.41) is 9.16. The molecule has 4 atom stereocenters. The number of nitrogens with two attached hydrogens (primary N) is 1. The zero-order valence-corrected chi connectivity index (χ0v) is 10.7. The molecule has 1 fully saturated rings. The summed E-state index contributed by atoms with van der Waals surface area (Å²) >= 11 is 0. The minimum atomic E-state index is -1.34. The van der Waals surface area contributed by atoms with Gasteiger partial charge in [0.2, 0.25) is 5.95 Å².